The molecule has 16 heavy (non-hydrogen) atoms. The van der Waals surface area contributed by atoms with E-state index in [-0.39, 0.29) is 0 Å². The fourth-order valence-corrected chi connectivity index (χ4v) is 2.76. The van der Waals surface area contributed by atoms with Gasteiger partial charge in [-0.25, -0.2) is 0 Å². The zero-order chi connectivity index (χ0) is 12.8. The molecule has 96 valence electrons. The highest BCUT2D eigenvalue weighted by Gasteiger charge is 2.38. The Bertz CT molecular complexity index is 213. The summed E-state index contributed by atoms with van der Waals surface area (Å²) in [6.07, 6.45) is 8.36. The van der Waals surface area contributed by atoms with Crippen LogP contribution >= 0.6 is 0 Å². The van der Waals surface area contributed by atoms with Gasteiger partial charge in [0.2, 0.25) is 0 Å². The van der Waals surface area contributed by atoms with Gasteiger partial charge >= 0.3 is 0 Å². The summed E-state index contributed by atoms with van der Waals surface area (Å²) in [5.41, 5.74) is 0. The first-order valence-electron chi connectivity index (χ1n) is 6.53. The third-order valence-corrected chi connectivity index (χ3v) is 8.00. The minimum Gasteiger partial charge on any atom is -0.414 e. The van der Waals surface area contributed by atoms with Crippen LogP contribution in [0.25, 0.3) is 0 Å². The topological polar surface area (TPSA) is 9.23 Å². The highest BCUT2D eigenvalue weighted by molar-refractivity contribution is 6.74. The lowest BCUT2D eigenvalue weighted by molar-refractivity contribution is 0.202. The lowest BCUT2D eigenvalue weighted by Gasteiger charge is -2.38. The summed E-state index contributed by atoms with van der Waals surface area (Å²) in [5, 5.41) is 0.314. The Labute approximate surface area is 103 Å². The van der Waals surface area contributed by atoms with Crippen LogP contribution in [-0.4, -0.2) is 14.4 Å². The van der Waals surface area contributed by atoms with Crippen molar-refractivity contribution in [2.45, 2.75) is 78.1 Å². The number of allylic oxidation sites excluding steroid dienone is 1. The Kier molecular flexibility index (Phi) is 6.57. The summed E-state index contributed by atoms with van der Waals surface area (Å²) >= 11 is 0. The number of rotatable bonds is 6. The Morgan fingerprint density at radius 2 is 1.75 bits per heavy atom. The molecule has 0 N–H and O–H groups in total. The molecule has 1 nitrogen and oxygen atoms in total. The van der Waals surface area contributed by atoms with Crippen LogP contribution in [0.4, 0.5) is 0 Å². The van der Waals surface area contributed by atoms with Crippen molar-refractivity contribution in [2.24, 2.45) is 0 Å². The fourth-order valence-electron chi connectivity index (χ4n) is 1.30. The Hall–Kier alpha value is -0.0831. The maximum atomic E-state index is 6.27. The van der Waals surface area contributed by atoms with Gasteiger partial charge in [0.1, 0.15) is 0 Å². The maximum absolute atomic E-state index is 6.27. The van der Waals surface area contributed by atoms with Gasteiger partial charge in [0.15, 0.2) is 8.32 Å². The molecule has 0 amide bonds. The van der Waals surface area contributed by atoms with E-state index in [2.05, 4.69) is 59.9 Å². The Morgan fingerprint density at radius 1 is 1.19 bits per heavy atom. The SMILES string of the molecule is CCC/C=C\CC(C)O[Si](C)(C)C(C)(C)C. The van der Waals surface area contributed by atoms with E-state index in [0.29, 0.717) is 11.1 Å². The number of hydrogen-bond acceptors (Lipinski definition) is 1. The normalized spacial score (nSPS) is 15.7. The third-order valence-electron chi connectivity index (χ3n) is 3.39. The first-order valence-corrected chi connectivity index (χ1v) is 9.44. The molecule has 0 saturated carbocycles. The van der Waals surface area contributed by atoms with E-state index in [1.807, 2.05) is 0 Å². The summed E-state index contributed by atoms with van der Waals surface area (Å²) in [6.45, 7) is 15.9. The van der Waals surface area contributed by atoms with Gasteiger partial charge < -0.3 is 4.43 Å². The summed E-state index contributed by atoms with van der Waals surface area (Å²) in [5.74, 6) is 0. The highest BCUT2D eigenvalue weighted by atomic mass is 28.4. The molecule has 0 aliphatic rings. The minimum absolute atomic E-state index is 0.314. The highest BCUT2D eigenvalue weighted by Crippen LogP contribution is 2.37. The van der Waals surface area contributed by atoms with Crippen LogP contribution in [-0.2, 0) is 4.43 Å². The van der Waals surface area contributed by atoms with E-state index >= 15 is 0 Å². The summed E-state index contributed by atoms with van der Waals surface area (Å²) < 4.78 is 6.27. The maximum Gasteiger partial charge on any atom is 0.192 e. The fraction of sp³-hybridized carbons (Fsp3) is 0.857. The second-order valence-electron chi connectivity index (χ2n) is 6.18. The van der Waals surface area contributed by atoms with Crippen LogP contribution in [0.15, 0.2) is 12.2 Å². The molecule has 0 saturated heterocycles. The van der Waals surface area contributed by atoms with Crippen molar-refractivity contribution in [1.82, 2.24) is 0 Å². The Balaban J connectivity index is 4.09. The second kappa shape index (κ2) is 6.60. The van der Waals surface area contributed by atoms with Gasteiger partial charge in [0, 0.05) is 6.10 Å². The molecule has 1 unspecified atom stereocenters. The van der Waals surface area contributed by atoms with Crippen molar-refractivity contribution in [3.05, 3.63) is 12.2 Å². The quantitative estimate of drug-likeness (QED) is 0.463. The molecule has 1 atom stereocenters. The van der Waals surface area contributed by atoms with E-state index in [9.17, 15) is 0 Å². The summed E-state index contributed by atoms with van der Waals surface area (Å²) in [7, 11) is -1.57. The molecule has 0 radical (unpaired) electrons. The van der Waals surface area contributed by atoms with Crippen molar-refractivity contribution >= 4 is 8.32 Å². The van der Waals surface area contributed by atoms with Crippen LogP contribution in [0.3, 0.4) is 0 Å². The van der Waals surface area contributed by atoms with Gasteiger partial charge in [0.05, 0.1) is 0 Å². The average molecular weight is 242 g/mol. The van der Waals surface area contributed by atoms with Crippen molar-refractivity contribution in [3.8, 4) is 0 Å². The molecule has 0 aliphatic heterocycles. The number of hydrogen-bond donors (Lipinski definition) is 0. The second-order valence-corrected chi connectivity index (χ2v) is 10.9. The molecular formula is C14H30OSi. The van der Waals surface area contributed by atoms with Crippen molar-refractivity contribution in [2.75, 3.05) is 0 Å². The first-order chi connectivity index (χ1) is 7.20. The van der Waals surface area contributed by atoms with Crippen LogP contribution < -0.4 is 0 Å². The lowest BCUT2D eigenvalue weighted by Crippen LogP contribution is -2.43. The standard InChI is InChI=1S/C14H30OSi/c1-8-9-10-11-12-13(2)15-16(6,7)14(3,4)5/h10-11,13H,8-9,12H2,1-7H3/b11-10-. The zero-order valence-electron chi connectivity index (χ0n) is 12.3. The van der Waals surface area contributed by atoms with Crippen LogP contribution in [0.1, 0.15) is 53.9 Å². The van der Waals surface area contributed by atoms with E-state index in [0.717, 1.165) is 6.42 Å². The first kappa shape index (κ1) is 15.9. The zero-order valence-corrected chi connectivity index (χ0v) is 13.3. The van der Waals surface area contributed by atoms with Crippen LogP contribution in [0.5, 0.6) is 0 Å². The lowest BCUT2D eigenvalue weighted by atomic mass is 10.2. The molecule has 2 heteroatoms. The predicted octanol–water partition coefficient (Wildman–Crippen LogP) is 5.14. The van der Waals surface area contributed by atoms with Crippen LogP contribution in [0.2, 0.25) is 18.1 Å². The molecule has 0 aromatic heterocycles. The van der Waals surface area contributed by atoms with E-state index in [4.69, 9.17) is 4.43 Å². The van der Waals surface area contributed by atoms with Crippen LogP contribution in [0, 0.1) is 0 Å². The van der Waals surface area contributed by atoms with Crippen molar-refractivity contribution < 1.29 is 4.43 Å². The van der Waals surface area contributed by atoms with E-state index in [1.165, 1.54) is 12.8 Å². The molecular weight excluding hydrogens is 212 g/mol. The summed E-state index contributed by atoms with van der Waals surface area (Å²) in [4.78, 5) is 0. The van der Waals surface area contributed by atoms with Gasteiger partial charge in [-0.3, -0.25) is 0 Å². The largest absolute Gasteiger partial charge is 0.414 e. The van der Waals surface area contributed by atoms with Gasteiger partial charge in [0.25, 0.3) is 0 Å². The molecule has 0 spiro atoms. The van der Waals surface area contributed by atoms with Gasteiger partial charge in [-0.2, -0.15) is 0 Å². The monoisotopic (exact) mass is 242 g/mol. The van der Waals surface area contributed by atoms with Gasteiger partial charge in [-0.15, -0.1) is 0 Å². The molecule has 0 aromatic rings. The number of unbranched alkanes of at least 4 members (excludes halogenated alkanes) is 1. The minimum atomic E-state index is -1.57. The molecule has 0 rings (SSSR count). The van der Waals surface area contributed by atoms with Gasteiger partial charge in [-0.05, 0) is 37.9 Å². The third kappa shape index (κ3) is 5.85. The smallest absolute Gasteiger partial charge is 0.192 e. The molecule has 0 aliphatic carbocycles. The molecule has 0 heterocycles. The molecule has 0 bridgehead atoms. The van der Waals surface area contributed by atoms with Crippen molar-refractivity contribution in [1.29, 1.82) is 0 Å². The molecule has 0 fully saturated rings. The van der Waals surface area contributed by atoms with E-state index < -0.39 is 8.32 Å². The van der Waals surface area contributed by atoms with E-state index in [1.54, 1.807) is 0 Å². The van der Waals surface area contributed by atoms with Crippen molar-refractivity contribution in [3.63, 3.8) is 0 Å². The predicted molar refractivity (Wildman–Crippen MR) is 76.4 cm³/mol. The van der Waals surface area contributed by atoms with Gasteiger partial charge in [-0.1, -0.05) is 46.3 Å². The molecule has 0 aromatic carbocycles. The Morgan fingerprint density at radius 3 is 2.19 bits per heavy atom. The average Bonchev–Trinajstić information content (AvgIpc) is 2.10. The summed E-state index contributed by atoms with van der Waals surface area (Å²) in [6, 6.07) is 0.